The number of aryl methyl sites for hydroxylation is 1. The Kier molecular flexibility index (Phi) is 3.12. The van der Waals surface area contributed by atoms with Crippen LogP contribution in [-0.4, -0.2) is 44.0 Å². The zero-order valence-corrected chi connectivity index (χ0v) is 15.4. The third-order valence-electron chi connectivity index (χ3n) is 6.38. The Morgan fingerprint density at radius 1 is 1.23 bits per heavy atom. The summed E-state index contributed by atoms with van der Waals surface area (Å²) in [5, 5.41) is 10.5. The van der Waals surface area contributed by atoms with Crippen LogP contribution in [0.1, 0.15) is 30.1 Å². The molecule has 1 aliphatic carbocycles. The van der Waals surface area contributed by atoms with Crippen LogP contribution in [0.4, 0.5) is 0 Å². The molecule has 2 aliphatic rings. The Bertz CT molecular complexity index is 1020. The minimum absolute atomic E-state index is 0.354. The molecule has 0 unspecified atom stereocenters. The third kappa shape index (κ3) is 2.08. The van der Waals surface area contributed by atoms with E-state index in [-0.39, 0.29) is 0 Å². The number of carbonyl (C=O) groups is 1. The van der Waals surface area contributed by atoms with Crippen molar-refractivity contribution in [1.82, 2.24) is 24.5 Å². The quantitative estimate of drug-likeness (QED) is 0.683. The first-order valence-electron chi connectivity index (χ1n) is 9.17. The molecule has 0 bridgehead atoms. The molecule has 0 radical (unpaired) electrons. The van der Waals surface area contributed by atoms with E-state index in [1.807, 2.05) is 22.8 Å². The summed E-state index contributed by atoms with van der Waals surface area (Å²) in [7, 11) is 1.96. The fourth-order valence-electron chi connectivity index (χ4n) is 4.80. The van der Waals surface area contributed by atoms with Crippen molar-refractivity contribution in [2.45, 2.75) is 32.7 Å². The zero-order valence-electron chi connectivity index (χ0n) is 15.4. The molecule has 6 nitrogen and oxygen atoms in total. The average molecular weight is 349 g/mol. The van der Waals surface area contributed by atoms with Gasteiger partial charge in [0.15, 0.2) is 0 Å². The molecule has 1 saturated heterocycles. The van der Waals surface area contributed by atoms with Crippen molar-refractivity contribution in [1.29, 1.82) is 0 Å². The van der Waals surface area contributed by atoms with Gasteiger partial charge in [0.2, 0.25) is 6.41 Å². The molecule has 6 heteroatoms. The van der Waals surface area contributed by atoms with Gasteiger partial charge in [-0.05, 0) is 44.4 Å². The molecule has 3 aromatic rings. The van der Waals surface area contributed by atoms with E-state index in [0.29, 0.717) is 11.5 Å². The van der Waals surface area contributed by atoms with Gasteiger partial charge in [0, 0.05) is 42.2 Å². The number of aromatic nitrogens is 4. The topological polar surface area (TPSA) is 56.0 Å². The van der Waals surface area contributed by atoms with Crippen molar-refractivity contribution in [3.05, 3.63) is 35.7 Å². The lowest BCUT2D eigenvalue weighted by atomic mass is 9.61. The number of benzene rings is 1. The van der Waals surface area contributed by atoms with Crippen LogP contribution in [0.5, 0.6) is 0 Å². The van der Waals surface area contributed by atoms with E-state index in [0.717, 1.165) is 54.5 Å². The Morgan fingerprint density at radius 2 is 2.00 bits per heavy atom. The Hall–Kier alpha value is -2.63. The van der Waals surface area contributed by atoms with Crippen LogP contribution in [0.2, 0.25) is 0 Å². The summed E-state index contributed by atoms with van der Waals surface area (Å²) in [6, 6.07) is 6.89. The molecule has 0 atom stereocenters. The molecule has 134 valence electrons. The molecule has 5 rings (SSSR count). The van der Waals surface area contributed by atoms with E-state index in [2.05, 4.69) is 41.8 Å². The lowest BCUT2D eigenvalue weighted by Crippen LogP contribution is -2.61. The van der Waals surface area contributed by atoms with Gasteiger partial charge in [0.25, 0.3) is 0 Å². The van der Waals surface area contributed by atoms with Crippen molar-refractivity contribution < 1.29 is 4.79 Å². The van der Waals surface area contributed by atoms with E-state index in [4.69, 9.17) is 5.10 Å². The second-order valence-electron chi connectivity index (χ2n) is 8.12. The standard InChI is InChI=1S/C20H23N5O/c1-13-14(2)25(17-7-20(8-17)10-24(11-20)12-26)22-19(13)15-4-5-18-16(6-15)9-21-23(18)3/h4-6,9,12,17H,7-8,10-11H2,1-3H3. The van der Waals surface area contributed by atoms with Gasteiger partial charge in [-0.2, -0.15) is 10.2 Å². The van der Waals surface area contributed by atoms with Gasteiger partial charge in [-0.15, -0.1) is 0 Å². The number of fused-ring (bicyclic) bond motifs is 1. The number of hydrogen-bond acceptors (Lipinski definition) is 3. The number of amides is 1. The molecule has 1 aromatic carbocycles. The maximum Gasteiger partial charge on any atom is 0.209 e. The molecule has 2 aromatic heterocycles. The highest BCUT2D eigenvalue weighted by Crippen LogP contribution is 2.54. The first-order valence-corrected chi connectivity index (χ1v) is 9.17. The SMILES string of the molecule is Cc1c(-c2ccc3c(cnn3C)c2)nn(C2CC3(C2)CN(C=O)C3)c1C. The average Bonchev–Trinajstić information content (AvgIpc) is 3.07. The summed E-state index contributed by atoms with van der Waals surface area (Å²) in [6.45, 7) is 6.15. The van der Waals surface area contributed by atoms with Crippen LogP contribution in [0.15, 0.2) is 24.4 Å². The highest BCUT2D eigenvalue weighted by molar-refractivity contribution is 5.84. The van der Waals surface area contributed by atoms with E-state index in [1.165, 1.54) is 11.3 Å². The van der Waals surface area contributed by atoms with Gasteiger partial charge in [0.05, 0.1) is 23.4 Å². The highest BCUT2D eigenvalue weighted by atomic mass is 16.1. The maximum atomic E-state index is 10.8. The summed E-state index contributed by atoms with van der Waals surface area (Å²) in [6.07, 6.45) is 5.12. The molecule has 1 spiro atoms. The van der Waals surface area contributed by atoms with Crippen molar-refractivity contribution in [2.24, 2.45) is 12.5 Å². The van der Waals surface area contributed by atoms with Crippen LogP contribution in [0.3, 0.4) is 0 Å². The Morgan fingerprint density at radius 3 is 2.73 bits per heavy atom. The summed E-state index contributed by atoms with van der Waals surface area (Å²) in [5.41, 5.74) is 6.20. The molecule has 0 N–H and O–H groups in total. The monoisotopic (exact) mass is 349 g/mol. The predicted molar refractivity (Wildman–Crippen MR) is 99.8 cm³/mol. The van der Waals surface area contributed by atoms with Crippen LogP contribution < -0.4 is 0 Å². The van der Waals surface area contributed by atoms with Crippen LogP contribution in [-0.2, 0) is 11.8 Å². The number of hydrogen-bond donors (Lipinski definition) is 0. The summed E-state index contributed by atoms with van der Waals surface area (Å²) >= 11 is 0. The number of likely N-dealkylation sites (tertiary alicyclic amines) is 1. The molecule has 1 amide bonds. The predicted octanol–water partition coefficient (Wildman–Crippen LogP) is 2.85. The van der Waals surface area contributed by atoms with Gasteiger partial charge in [0.1, 0.15) is 0 Å². The normalized spacial score (nSPS) is 19.0. The van der Waals surface area contributed by atoms with Gasteiger partial charge in [-0.3, -0.25) is 14.2 Å². The van der Waals surface area contributed by atoms with Gasteiger partial charge in [-0.1, -0.05) is 6.07 Å². The first kappa shape index (κ1) is 15.6. The van der Waals surface area contributed by atoms with Crippen molar-refractivity contribution in [3.8, 4) is 11.3 Å². The third-order valence-corrected chi connectivity index (χ3v) is 6.38. The Labute approximate surface area is 152 Å². The van der Waals surface area contributed by atoms with Crippen LogP contribution in [0.25, 0.3) is 22.2 Å². The number of carbonyl (C=O) groups excluding carboxylic acids is 1. The fourth-order valence-corrected chi connectivity index (χ4v) is 4.80. The number of rotatable bonds is 3. The minimum Gasteiger partial charge on any atom is -0.344 e. The molecular formula is C20H23N5O. The van der Waals surface area contributed by atoms with E-state index in [9.17, 15) is 4.79 Å². The summed E-state index contributed by atoms with van der Waals surface area (Å²) < 4.78 is 4.11. The largest absolute Gasteiger partial charge is 0.344 e. The van der Waals surface area contributed by atoms with Gasteiger partial charge < -0.3 is 4.90 Å². The van der Waals surface area contributed by atoms with Crippen molar-refractivity contribution in [2.75, 3.05) is 13.1 Å². The molecule has 26 heavy (non-hydrogen) atoms. The minimum atomic E-state index is 0.354. The highest BCUT2D eigenvalue weighted by Gasteiger charge is 2.53. The lowest BCUT2D eigenvalue weighted by molar-refractivity contribution is -0.140. The summed E-state index contributed by atoms with van der Waals surface area (Å²) in [4.78, 5) is 12.7. The Balaban J connectivity index is 1.44. The van der Waals surface area contributed by atoms with Gasteiger partial charge >= 0.3 is 0 Å². The van der Waals surface area contributed by atoms with Crippen molar-refractivity contribution >= 4 is 17.3 Å². The maximum absolute atomic E-state index is 10.8. The molecule has 2 fully saturated rings. The molecule has 1 aliphatic heterocycles. The fraction of sp³-hybridized carbons (Fsp3) is 0.450. The smallest absolute Gasteiger partial charge is 0.209 e. The summed E-state index contributed by atoms with van der Waals surface area (Å²) in [5.74, 6) is 0. The van der Waals surface area contributed by atoms with Crippen molar-refractivity contribution in [3.63, 3.8) is 0 Å². The van der Waals surface area contributed by atoms with E-state index < -0.39 is 0 Å². The molecule has 1 saturated carbocycles. The lowest BCUT2D eigenvalue weighted by Gasteiger charge is -2.58. The number of nitrogens with zero attached hydrogens (tertiary/aromatic N) is 5. The van der Waals surface area contributed by atoms with Crippen LogP contribution >= 0.6 is 0 Å². The van der Waals surface area contributed by atoms with Crippen LogP contribution in [0, 0.1) is 19.3 Å². The molecule has 3 heterocycles. The first-order chi connectivity index (χ1) is 12.5. The zero-order chi connectivity index (χ0) is 18.1. The second kappa shape index (κ2) is 5.19. The van der Waals surface area contributed by atoms with E-state index in [1.54, 1.807) is 0 Å². The van der Waals surface area contributed by atoms with E-state index >= 15 is 0 Å². The molecular weight excluding hydrogens is 326 g/mol. The second-order valence-corrected chi connectivity index (χ2v) is 8.12. The van der Waals surface area contributed by atoms with Gasteiger partial charge in [-0.25, -0.2) is 0 Å².